The van der Waals surface area contributed by atoms with Gasteiger partial charge in [-0.05, 0) is 51.1 Å². The van der Waals surface area contributed by atoms with Gasteiger partial charge >= 0.3 is 5.56 Å². The molecule has 130 valence electrons. The van der Waals surface area contributed by atoms with Gasteiger partial charge in [0.2, 0.25) is 0 Å². The first kappa shape index (κ1) is 16.1. The first-order chi connectivity index (χ1) is 12.4. The molecule has 0 unspecified atom stereocenters. The van der Waals surface area contributed by atoms with E-state index in [-0.39, 0.29) is 11.8 Å². The van der Waals surface area contributed by atoms with Crippen molar-refractivity contribution in [2.75, 3.05) is 0 Å². The fraction of sp³-hybridized carbons (Fsp3) is 0.167. The Morgan fingerprint density at radius 2 is 1.62 bits per heavy atom. The molecule has 0 fully saturated rings. The summed E-state index contributed by atoms with van der Waals surface area (Å²) in [7, 11) is 0. The summed E-state index contributed by atoms with van der Waals surface area (Å²) in [6.07, 6.45) is 1.58. The molecule has 3 heterocycles. The van der Waals surface area contributed by atoms with Crippen molar-refractivity contribution in [1.29, 1.82) is 0 Å². The molecule has 3 aromatic heterocycles. The van der Waals surface area contributed by atoms with Crippen molar-refractivity contribution in [2.45, 2.75) is 20.8 Å². The van der Waals surface area contributed by atoms with Crippen LogP contribution in [0.3, 0.4) is 0 Å². The number of aryl methyl sites for hydroxylation is 3. The first-order valence-corrected chi connectivity index (χ1v) is 8.00. The van der Waals surface area contributed by atoms with Crippen LogP contribution in [-0.2, 0) is 0 Å². The van der Waals surface area contributed by atoms with Crippen molar-refractivity contribution < 1.29 is 4.39 Å². The predicted molar refractivity (Wildman–Crippen MR) is 94.2 cm³/mol. The largest absolute Gasteiger partial charge is 0.300 e. The molecule has 4 aromatic rings. The normalized spacial score (nSPS) is 11.2. The zero-order valence-corrected chi connectivity index (χ0v) is 14.4. The lowest BCUT2D eigenvalue weighted by molar-refractivity contribution is 0.627. The van der Waals surface area contributed by atoms with Crippen molar-refractivity contribution >= 4 is 10.9 Å². The van der Waals surface area contributed by atoms with Crippen molar-refractivity contribution in [3.05, 3.63) is 69.8 Å². The molecule has 7 nitrogen and oxygen atoms in total. The molecule has 0 N–H and O–H groups in total. The molecular weight excluding hydrogens is 335 g/mol. The Balaban J connectivity index is 2.03. The fourth-order valence-electron chi connectivity index (χ4n) is 2.88. The molecule has 0 aliphatic heterocycles. The van der Waals surface area contributed by atoms with Gasteiger partial charge in [0.05, 0.1) is 17.6 Å². The molecule has 0 saturated carbocycles. The third-order valence-corrected chi connectivity index (χ3v) is 4.04. The quantitative estimate of drug-likeness (QED) is 0.555. The molecule has 0 radical (unpaired) electrons. The Bertz CT molecular complexity index is 1170. The van der Waals surface area contributed by atoms with E-state index >= 15 is 0 Å². The van der Waals surface area contributed by atoms with E-state index in [0.717, 1.165) is 11.4 Å². The average molecular weight is 350 g/mol. The van der Waals surface area contributed by atoms with Crippen LogP contribution in [0.2, 0.25) is 0 Å². The number of benzene rings is 1. The Morgan fingerprint density at radius 1 is 0.962 bits per heavy atom. The summed E-state index contributed by atoms with van der Waals surface area (Å²) < 4.78 is 15.9. The summed E-state index contributed by atoms with van der Waals surface area (Å²) >= 11 is 0. The highest BCUT2D eigenvalue weighted by Gasteiger charge is 2.17. The molecule has 0 aliphatic carbocycles. The van der Waals surface area contributed by atoms with E-state index in [1.807, 2.05) is 19.9 Å². The molecular formula is C18H15FN6O. The zero-order valence-electron chi connectivity index (χ0n) is 14.4. The molecule has 26 heavy (non-hydrogen) atoms. The second-order valence-corrected chi connectivity index (χ2v) is 6.05. The van der Waals surface area contributed by atoms with Crippen LogP contribution >= 0.6 is 0 Å². The summed E-state index contributed by atoms with van der Waals surface area (Å²) in [6.45, 7) is 5.45. The van der Waals surface area contributed by atoms with Crippen molar-refractivity contribution in [3.63, 3.8) is 0 Å². The molecule has 0 spiro atoms. The minimum atomic E-state index is -0.391. The van der Waals surface area contributed by atoms with E-state index in [1.54, 1.807) is 25.3 Å². The summed E-state index contributed by atoms with van der Waals surface area (Å²) in [5.41, 5.74) is 2.63. The lowest BCUT2D eigenvalue weighted by Gasteiger charge is -2.08. The highest BCUT2D eigenvalue weighted by atomic mass is 19.1. The Hall–Kier alpha value is -3.42. The molecule has 0 atom stereocenters. The summed E-state index contributed by atoms with van der Waals surface area (Å²) in [4.78, 5) is 21.8. The smallest absolute Gasteiger partial charge is 0.265 e. The van der Waals surface area contributed by atoms with Crippen molar-refractivity contribution in [1.82, 2.24) is 29.5 Å². The minimum Gasteiger partial charge on any atom is -0.265 e. The van der Waals surface area contributed by atoms with E-state index in [9.17, 15) is 9.18 Å². The number of aromatic nitrogens is 6. The Labute approximate surface area is 147 Å². The SMILES string of the molecule is Cc1cc(C)nc(-n2nc(C)c3cnn(-c4ccc(F)cc4)c3c2=O)n1. The van der Waals surface area contributed by atoms with Gasteiger partial charge in [-0.15, -0.1) is 0 Å². The van der Waals surface area contributed by atoms with E-state index in [4.69, 9.17) is 0 Å². The number of nitrogens with zero attached hydrogens (tertiary/aromatic N) is 6. The lowest BCUT2D eigenvalue weighted by atomic mass is 10.2. The Kier molecular flexibility index (Phi) is 3.61. The lowest BCUT2D eigenvalue weighted by Crippen LogP contribution is -2.26. The molecule has 0 bridgehead atoms. The van der Waals surface area contributed by atoms with Gasteiger partial charge in [0.15, 0.2) is 0 Å². The van der Waals surface area contributed by atoms with Crippen LogP contribution in [0, 0.1) is 26.6 Å². The first-order valence-electron chi connectivity index (χ1n) is 8.00. The second-order valence-electron chi connectivity index (χ2n) is 6.05. The van der Waals surface area contributed by atoms with Crippen molar-refractivity contribution in [2.24, 2.45) is 0 Å². The maximum absolute atomic E-state index is 13.2. The van der Waals surface area contributed by atoms with Gasteiger partial charge < -0.3 is 0 Å². The number of halogens is 1. The maximum atomic E-state index is 13.2. The van der Waals surface area contributed by atoms with Gasteiger partial charge in [0, 0.05) is 16.8 Å². The topological polar surface area (TPSA) is 78.5 Å². The summed E-state index contributed by atoms with van der Waals surface area (Å²) in [6, 6.07) is 7.59. The van der Waals surface area contributed by atoms with Crippen LogP contribution in [0.25, 0.3) is 22.5 Å². The molecule has 1 aromatic carbocycles. The highest BCUT2D eigenvalue weighted by molar-refractivity contribution is 5.81. The van der Waals surface area contributed by atoms with Gasteiger partial charge in [0.25, 0.3) is 5.95 Å². The van der Waals surface area contributed by atoms with E-state index in [0.29, 0.717) is 22.3 Å². The van der Waals surface area contributed by atoms with Crippen LogP contribution in [0.15, 0.2) is 41.3 Å². The van der Waals surface area contributed by atoms with E-state index in [2.05, 4.69) is 20.2 Å². The zero-order chi connectivity index (χ0) is 18.4. The van der Waals surface area contributed by atoms with Gasteiger partial charge in [-0.1, -0.05) is 0 Å². The minimum absolute atomic E-state index is 0.212. The van der Waals surface area contributed by atoms with Gasteiger partial charge in [-0.2, -0.15) is 14.9 Å². The van der Waals surface area contributed by atoms with Crippen LogP contribution in [0.4, 0.5) is 4.39 Å². The standard InChI is InChI=1S/C18H15FN6O/c1-10-8-11(2)22-18(21-10)25-17(26)16-15(12(3)23-25)9-20-24(16)14-6-4-13(19)5-7-14/h4-9H,1-3H3. The van der Waals surface area contributed by atoms with Crippen LogP contribution < -0.4 is 5.56 Å². The van der Waals surface area contributed by atoms with Crippen LogP contribution in [-0.4, -0.2) is 29.5 Å². The third kappa shape index (κ3) is 2.55. The molecule has 4 rings (SSSR count). The fourth-order valence-corrected chi connectivity index (χ4v) is 2.88. The van der Waals surface area contributed by atoms with Crippen molar-refractivity contribution in [3.8, 4) is 11.6 Å². The average Bonchev–Trinajstić information content (AvgIpc) is 3.04. The number of hydrogen-bond donors (Lipinski definition) is 0. The molecule has 0 amide bonds. The maximum Gasteiger partial charge on any atom is 0.300 e. The number of hydrogen-bond acceptors (Lipinski definition) is 5. The van der Waals surface area contributed by atoms with Gasteiger partial charge in [-0.25, -0.2) is 19.0 Å². The summed E-state index contributed by atoms with van der Waals surface area (Å²) in [5, 5.41) is 9.25. The predicted octanol–water partition coefficient (Wildman–Crippen LogP) is 2.43. The Morgan fingerprint density at radius 3 is 2.27 bits per heavy atom. The monoisotopic (exact) mass is 350 g/mol. The molecule has 0 saturated heterocycles. The highest BCUT2D eigenvalue weighted by Crippen LogP contribution is 2.18. The number of fused-ring (bicyclic) bond motifs is 1. The van der Waals surface area contributed by atoms with Gasteiger partial charge in [-0.3, -0.25) is 4.79 Å². The molecule has 0 aliphatic rings. The van der Waals surface area contributed by atoms with Crippen LogP contribution in [0.5, 0.6) is 0 Å². The third-order valence-electron chi connectivity index (χ3n) is 4.04. The molecule has 8 heteroatoms. The van der Waals surface area contributed by atoms with Crippen LogP contribution in [0.1, 0.15) is 17.1 Å². The van der Waals surface area contributed by atoms with Gasteiger partial charge in [0.1, 0.15) is 11.3 Å². The summed E-state index contributed by atoms with van der Waals surface area (Å²) in [5.74, 6) is -0.145. The van der Waals surface area contributed by atoms with E-state index < -0.39 is 5.56 Å². The van der Waals surface area contributed by atoms with E-state index in [1.165, 1.54) is 21.5 Å². The second kappa shape index (κ2) is 5.83. The number of rotatable bonds is 2.